The molecule has 2 heterocycles. The minimum atomic E-state index is -0.405. The third-order valence-electron chi connectivity index (χ3n) is 5.34. The Hall–Kier alpha value is -3.74. The van der Waals surface area contributed by atoms with E-state index in [1.54, 1.807) is 29.2 Å². The summed E-state index contributed by atoms with van der Waals surface area (Å²) in [7, 11) is 0. The maximum Gasteiger partial charge on any atom is 0.276 e. The number of carbonyl (C=O) groups is 2. The minimum Gasteiger partial charge on any atom is -0.321 e. The van der Waals surface area contributed by atoms with Gasteiger partial charge in [0.05, 0.1) is 0 Å². The van der Waals surface area contributed by atoms with Crippen LogP contribution in [0.25, 0.3) is 0 Å². The standard InChI is InChI=1S/C24H24N4O3/c1-2-3-15-28-22(29)13-12-20(26-28)23(30)25-19-10-8-18(9-11-19)24(31)27-16-14-17-6-4-5-7-21(17)27/h4-13H,2-3,14-16H2,1H3,(H,25,30). The molecule has 0 unspecified atom stereocenters. The summed E-state index contributed by atoms with van der Waals surface area (Å²) in [6.45, 7) is 3.17. The van der Waals surface area contributed by atoms with Gasteiger partial charge in [0.2, 0.25) is 0 Å². The molecule has 0 saturated carbocycles. The predicted octanol–water partition coefficient (Wildman–Crippen LogP) is 3.50. The van der Waals surface area contributed by atoms with Crippen molar-refractivity contribution in [1.82, 2.24) is 9.78 Å². The predicted molar refractivity (Wildman–Crippen MR) is 120 cm³/mol. The normalized spacial score (nSPS) is 12.5. The fourth-order valence-electron chi connectivity index (χ4n) is 3.63. The molecule has 7 nitrogen and oxygen atoms in total. The van der Waals surface area contributed by atoms with Crippen molar-refractivity contribution in [3.05, 3.63) is 87.8 Å². The monoisotopic (exact) mass is 416 g/mol. The number of hydrogen-bond acceptors (Lipinski definition) is 4. The molecule has 7 heteroatoms. The third-order valence-corrected chi connectivity index (χ3v) is 5.34. The quantitative estimate of drug-likeness (QED) is 0.667. The molecule has 1 aliphatic heterocycles. The van der Waals surface area contributed by atoms with Crippen LogP contribution in [0, 0.1) is 0 Å². The van der Waals surface area contributed by atoms with Gasteiger partial charge in [-0.3, -0.25) is 14.4 Å². The van der Waals surface area contributed by atoms with Crippen molar-refractivity contribution in [1.29, 1.82) is 0 Å². The van der Waals surface area contributed by atoms with E-state index in [1.807, 2.05) is 31.2 Å². The topological polar surface area (TPSA) is 84.3 Å². The number of anilines is 2. The van der Waals surface area contributed by atoms with E-state index in [-0.39, 0.29) is 17.2 Å². The molecule has 0 fully saturated rings. The van der Waals surface area contributed by atoms with Crippen molar-refractivity contribution >= 4 is 23.2 Å². The Labute approximate surface area is 180 Å². The number of carbonyl (C=O) groups excluding carboxylic acids is 2. The second-order valence-corrected chi connectivity index (χ2v) is 7.50. The molecule has 31 heavy (non-hydrogen) atoms. The van der Waals surface area contributed by atoms with Crippen LogP contribution in [0.5, 0.6) is 0 Å². The second kappa shape index (κ2) is 8.95. The Balaban J connectivity index is 1.45. The summed E-state index contributed by atoms with van der Waals surface area (Å²) in [6, 6.07) is 17.5. The zero-order chi connectivity index (χ0) is 21.8. The van der Waals surface area contributed by atoms with Gasteiger partial charge in [0, 0.05) is 36.1 Å². The van der Waals surface area contributed by atoms with Crippen molar-refractivity contribution < 1.29 is 9.59 Å². The highest BCUT2D eigenvalue weighted by Crippen LogP contribution is 2.29. The summed E-state index contributed by atoms with van der Waals surface area (Å²) < 4.78 is 1.31. The van der Waals surface area contributed by atoms with Crippen LogP contribution in [0.4, 0.5) is 11.4 Å². The molecule has 158 valence electrons. The summed E-state index contributed by atoms with van der Waals surface area (Å²) in [5, 5.41) is 6.93. The number of benzene rings is 2. The first kappa shape index (κ1) is 20.5. The Bertz CT molecular complexity index is 1170. The largest absolute Gasteiger partial charge is 0.321 e. The van der Waals surface area contributed by atoms with Crippen LogP contribution in [0.3, 0.4) is 0 Å². The number of amides is 2. The number of rotatable bonds is 6. The first-order valence-electron chi connectivity index (χ1n) is 10.5. The Kier molecular flexibility index (Phi) is 5.93. The fraction of sp³-hybridized carbons (Fsp3) is 0.250. The highest BCUT2D eigenvalue weighted by atomic mass is 16.2. The van der Waals surface area contributed by atoms with Gasteiger partial charge < -0.3 is 10.2 Å². The van der Waals surface area contributed by atoms with Crippen molar-refractivity contribution in [2.45, 2.75) is 32.7 Å². The Morgan fingerprint density at radius 2 is 1.81 bits per heavy atom. The van der Waals surface area contributed by atoms with Crippen molar-refractivity contribution in [3.63, 3.8) is 0 Å². The summed E-state index contributed by atoms with van der Waals surface area (Å²) in [6.07, 6.45) is 2.59. The number of aromatic nitrogens is 2. The summed E-state index contributed by atoms with van der Waals surface area (Å²) >= 11 is 0. The van der Waals surface area contributed by atoms with Gasteiger partial charge in [-0.1, -0.05) is 31.5 Å². The van der Waals surface area contributed by atoms with Gasteiger partial charge in [-0.05, 0) is 54.8 Å². The number of fused-ring (bicyclic) bond motifs is 1. The van der Waals surface area contributed by atoms with E-state index < -0.39 is 5.91 Å². The van der Waals surface area contributed by atoms with Crippen molar-refractivity contribution in [2.75, 3.05) is 16.8 Å². The summed E-state index contributed by atoms with van der Waals surface area (Å²) in [5.74, 6) is -0.467. The molecule has 0 aliphatic carbocycles. The number of unbranched alkanes of at least 4 members (excludes halogenated alkanes) is 1. The van der Waals surface area contributed by atoms with E-state index >= 15 is 0 Å². The van der Waals surface area contributed by atoms with E-state index in [2.05, 4.69) is 10.4 Å². The molecule has 1 N–H and O–H groups in total. The van der Waals surface area contributed by atoms with Crippen molar-refractivity contribution in [2.24, 2.45) is 0 Å². The summed E-state index contributed by atoms with van der Waals surface area (Å²) in [5.41, 5.74) is 3.18. The first-order valence-corrected chi connectivity index (χ1v) is 10.5. The highest BCUT2D eigenvalue weighted by Gasteiger charge is 2.25. The van der Waals surface area contributed by atoms with E-state index in [9.17, 15) is 14.4 Å². The molecule has 1 aromatic heterocycles. The van der Waals surface area contributed by atoms with Crippen molar-refractivity contribution in [3.8, 4) is 0 Å². The maximum absolute atomic E-state index is 12.9. The van der Waals surface area contributed by atoms with E-state index in [1.165, 1.54) is 22.4 Å². The SMILES string of the molecule is CCCCn1nc(C(=O)Nc2ccc(C(=O)N3CCc4ccccc43)cc2)ccc1=O. The number of nitrogens with zero attached hydrogens (tertiary/aromatic N) is 3. The first-order chi connectivity index (χ1) is 15.1. The van der Waals surface area contributed by atoms with Crippen LogP contribution in [0.15, 0.2) is 65.5 Å². The molecule has 0 spiro atoms. The third kappa shape index (κ3) is 4.40. The molecule has 0 radical (unpaired) electrons. The molecule has 0 bridgehead atoms. The fourth-order valence-corrected chi connectivity index (χ4v) is 3.63. The number of aryl methyl sites for hydroxylation is 1. The molecular formula is C24H24N4O3. The molecule has 2 amide bonds. The molecule has 1 aliphatic rings. The van der Waals surface area contributed by atoms with E-state index in [0.717, 1.165) is 24.9 Å². The molecule has 0 saturated heterocycles. The Morgan fingerprint density at radius 1 is 1.03 bits per heavy atom. The highest BCUT2D eigenvalue weighted by molar-refractivity contribution is 6.08. The number of para-hydroxylation sites is 1. The van der Waals surface area contributed by atoms with Crippen LogP contribution in [-0.4, -0.2) is 28.1 Å². The molecular weight excluding hydrogens is 392 g/mol. The lowest BCUT2D eigenvalue weighted by atomic mass is 10.1. The van der Waals surface area contributed by atoms with Gasteiger partial charge in [0.15, 0.2) is 0 Å². The average molecular weight is 416 g/mol. The van der Waals surface area contributed by atoms with E-state index in [4.69, 9.17) is 0 Å². The summed E-state index contributed by atoms with van der Waals surface area (Å²) in [4.78, 5) is 39.1. The maximum atomic E-state index is 12.9. The average Bonchev–Trinajstić information content (AvgIpc) is 3.22. The van der Waals surface area contributed by atoms with Gasteiger partial charge in [-0.15, -0.1) is 0 Å². The van der Waals surface area contributed by atoms with Crippen LogP contribution in [0.2, 0.25) is 0 Å². The smallest absolute Gasteiger partial charge is 0.276 e. The number of hydrogen-bond donors (Lipinski definition) is 1. The van der Waals surface area contributed by atoms with Gasteiger partial charge in [0.1, 0.15) is 5.69 Å². The van der Waals surface area contributed by atoms with Gasteiger partial charge in [0.25, 0.3) is 17.4 Å². The van der Waals surface area contributed by atoms with Crippen LogP contribution in [-0.2, 0) is 13.0 Å². The van der Waals surface area contributed by atoms with Crippen LogP contribution in [0.1, 0.15) is 46.2 Å². The molecule has 0 atom stereocenters. The second-order valence-electron chi connectivity index (χ2n) is 7.50. The van der Waals surface area contributed by atoms with Crippen LogP contribution < -0.4 is 15.8 Å². The molecule has 3 aromatic rings. The van der Waals surface area contributed by atoms with Gasteiger partial charge in [-0.25, -0.2) is 4.68 Å². The zero-order valence-electron chi connectivity index (χ0n) is 17.4. The number of nitrogens with one attached hydrogen (secondary N) is 1. The van der Waals surface area contributed by atoms with E-state index in [0.29, 0.717) is 24.3 Å². The van der Waals surface area contributed by atoms with Gasteiger partial charge in [-0.2, -0.15) is 5.10 Å². The lowest BCUT2D eigenvalue weighted by Gasteiger charge is -2.17. The van der Waals surface area contributed by atoms with Gasteiger partial charge >= 0.3 is 0 Å². The zero-order valence-corrected chi connectivity index (χ0v) is 17.4. The molecule has 4 rings (SSSR count). The van der Waals surface area contributed by atoms with Crippen LogP contribution >= 0.6 is 0 Å². The molecule has 2 aromatic carbocycles. The Morgan fingerprint density at radius 3 is 2.58 bits per heavy atom. The lowest BCUT2D eigenvalue weighted by molar-refractivity contribution is 0.0987. The lowest BCUT2D eigenvalue weighted by Crippen LogP contribution is -2.28. The minimum absolute atomic E-state index is 0.0625.